The van der Waals surface area contributed by atoms with Crippen LogP contribution in [0.25, 0.3) is 0 Å². The standard InChI is InChI=1S/C14H20N2O3/c1-16-14(13(15)18)6-5-12(8-14)19-11-4-2-3-10(7-11)9-17/h2-4,7,12,16-17H,5-6,8-9H2,1H3,(H2,15,18). The van der Waals surface area contributed by atoms with Crippen LogP contribution in [0.3, 0.4) is 0 Å². The lowest BCUT2D eigenvalue weighted by Crippen LogP contribution is -2.52. The highest BCUT2D eigenvalue weighted by atomic mass is 16.5. The predicted octanol–water partition coefficient (Wildman–Crippen LogP) is 0.554. The first-order valence-corrected chi connectivity index (χ1v) is 6.45. The summed E-state index contributed by atoms with van der Waals surface area (Å²) in [6, 6.07) is 7.34. The zero-order valence-electron chi connectivity index (χ0n) is 11.1. The van der Waals surface area contributed by atoms with Crippen molar-refractivity contribution in [3.63, 3.8) is 0 Å². The number of carbonyl (C=O) groups excluding carboxylic acids is 1. The van der Waals surface area contributed by atoms with Crippen LogP contribution < -0.4 is 15.8 Å². The molecule has 1 aliphatic carbocycles. The number of ether oxygens (including phenoxy) is 1. The zero-order valence-corrected chi connectivity index (χ0v) is 11.1. The largest absolute Gasteiger partial charge is 0.490 e. The van der Waals surface area contributed by atoms with E-state index in [0.29, 0.717) is 18.6 Å². The molecular formula is C14H20N2O3. The highest BCUT2D eigenvalue weighted by Crippen LogP contribution is 2.32. The third kappa shape index (κ3) is 2.88. The van der Waals surface area contributed by atoms with Crippen molar-refractivity contribution in [3.8, 4) is 5.75 Å². The summed E-state index contributed by atoms with van der Waals surface area (Å²) in [7, 11) is 1.75. The summed E-state index contributed by atoms with van der Waals surface area (Å²) in [4.78, 5) is 11.5. The van der Waals surface area contributed by atoms with Gasteiger partial charge in [-0.3, -0.25) is 4.79 Å². The molecule has 0 aromatic heterocycles. The lowest BCUT2D eigenvalue weighted by molar-refractivity contribution is -0.124. The summed E-state index contributed by atoms with van der Waals surface area (Å²) < 4.78 is 5.87. The number of aliphatic hydroxyl groups excluding tert-OH is 1. The summed E-state index contributed by atoms with van der Waals surface area (Å²) in [5.74, 6) is 0.387. The van der Waals surface area contributed by atoms with E-state index in [-0.39, 0.29) is 18.6 Å². The average Bonchev–Trinajstić information content (AvgIpc) is 2.83. The van der Waals surface area contributed by atoms with Crippen molar-refractivity contribution in [2.75, 3.05) is 7.05 Å². The Labute approximate surface area is 112 Å². The summed E-state index contributed by atoms with van der Waals surface area (Å²) >= 11 is 0. The fraction of sp³-hybridized carbons (Fsp3) is 0.500. The highest BCUT2D eigenvalue weighted by Gasteiger charge is 2.43. The van der Waals surface area contributed by atoms with Gasteiger partial charge in [-0.1, -0.05) is 12.1 Å². The molecule has 1 aromatic carbocycles. The Balaban J connectivity index is 2.03. The van der Waals surface area contributed by atoms with E-state index in [4.69, 9.17) is 15.6 Å². The minimum Gasteiger partial charge on any atom is -0.490 e. The maximum atomic E-state index is 11.5. The molecule has 1 amide bonds. The minimum absolute atomic E-state index is 0.0103. The molecule has 0 aliphatic heterocycles. The van der Waals surface area contributed by atoms with Crippen LogP contribution in [0.2, 0.25) is 0 Å². The van der Waals surface area contributed by atoms with Gasteiger partial charge in [0.15, 0.2) is 0 Å². The second-order valence-corrected chi connectivity index (χ2v) is 4.98. The second kappa shape index (κ2) is 5.59. The number of nitrogens with one attached hydrogen (secondary N) is 1. The Morgan fingerprint density at radius 1 is 1.63 bits per heavy atom. The number of primary amides is 1. The maximum Gasteiger partial charge on any atom is 0.237 e. The third-order valence-corrected chi connectivity index (χ3v) is 3.80. The lowest BCUT2D eigenvalue weighted by atomic mass is 9.97. The Morgan fingerprint density at radius 2 is 2.42 bits per heavy atom. The Bertz CT molecular complexity index is 464. The van der Waals surface area contributed by atoms with Gasteiger partial charge in [0.05, 0.1) is 6.61 Å². The van der Waals surface area contributed by atoms with E-state index in [1.165, 1.54) is 0 Å². The van der Waals surface area contributed by atoms with Gasteiger partial charge in [0.25, 0.3) is 0 Å². The number of hydrogen-bond acceptors (Lipinski definition) is 4. The van der Waals surface area contributed by atoms with E-state index < -0.39 is 5.54 Å². The Hall–Kier alpha value is -1.59. The minimum atomic E-state index is -0.654. The molecule has 0 radical (unpaired) electrons. The Kier molecular flexibility index (Phi) is 4.07. The number of carbonyl (C=O) groups is 1. The fourth-order valence-electron chi connectivity index (χ4n) is 2.58. The van der Waals surface area contributed by atoms with Crippen LogP contribution in [0.4, 0.5) is 0 Å². The molecule has 1 aliphatic rings. The van der Waals surface area contributed by atoms with Gasteiger partial charge in [-0.2, -0.15) is 0 Å². The van der Waals surface area contributed by atoms with Gasteiger partial charge >= 0.3 is 0 Å². The van der Waals surface area contributed by atoms with Gasteiger partial charge in [-0.05, 0) is 37.6 Å². The van der Waals surface area contributed by atoms with Crippen LogP contribution in [0, 0.1) is 0 Å². The van der Waals surface area contributed by atoms with Crippen LogP contribution in [0.1, 0.15) is 24.8 Å². The highest BCUT2D eigenvalue weighted by molar-refractivity contribution is 5.85. The second-order valence-electron chi connectivity index (χ2n) is 4.98. The molecule has 1 saturated carbocycles. The number of aliphatic hydroxyl groups is 1. The summed E-state index contributed by atoms with van der Waals surface area (Å²) in [6.45, 7) is -0.0103. The topological polar surface area (TPSA) is 84.6 Å². The molecular weight excluding hydrogens is 244 g/mol. The first-order chi connectivity index (χ1) is 9.09. The summed E-state index contributed by atoms with van der Waals surface area (Å²) in [5.41, 5.74) is 5.61. The van der Waals surface area contributed by atoms with Crippen LogP contribution in [0.15, 0.2) is 24.3 Å². The normalized spacial score (nSPS) is 26.3. The van der Waals surface area contributed by atoms with Crippen molar-refractivity contribution in [3.05, 3.63) is 29.8 Å². The average molecular weight is 264 g/mol. The molecule has 2 unspecified atom stereocenters. The van der Waals surface area contributed by atoms with E-state index >= 15 is 0 Å². The van der Waals surface area contributed by atoms with Gasteiger partial charge in [0, 0.05) is 6.42 Å². The first-order valence-electron chi connectivity index (χ1n) is 6.45. The molecule has 5 nitrogen and oxygen atoms in total. The molecule has 0 saturated heterocycles. The Morgan fingerprint density at radius 3 is 3.00 bits per heavy atom. The van der Waals surface area contributed by atoms with Crippen molar-refractivity contribution in [2.24, 2.45) is 5.73 Å². The van der Waals surface area contributed by atoms with Gasteiger partial charge in [-0.25, -0.2) is 0 Å². The number of amides is 1. The van der Waals surface area contributed by atoms with Crippen LogP contribution in [-0.4, -0.2) is 29.7 Å². The molecule has 1 aromatic rings. The third-order valence-electron chi connectivity index (χ3n) is 3.80. The van der Waals surface area contributed by atoms with E-state index in [1.807, 2.05) is 24.3 Å². The quantitative estimate of drug-likeness (QED) is 0.725. The van der Waals surface area contributed by atoms with Crippen molar-refractivity contribution in [1.82, 2.24) is 5.32 Å². The SMILES string of the molecule is CNC1(C(N)=O)CCC(Oc2cccc(CO)c2)C1. The molecule has 2 rings (SSSR count). The van der Waals surface area contributed by atoms with E-state index in [9.17, 15) is 4.79 Å². The molecule has 1 fully saturated rings. The predicted molar refractivity (Wildman–Crippen MR) is 71.6 cm³/mol. The molecule has 0 bridgehead atoms. The van der Waals surface area contributed by atoms with E-state index in [1.54, 1.807) is 7.05 Å². The molecule has 2 atom stereocenters. The number of benzene rings is 1. The van der Waals surface area contributed by atoms with Crippen LogP contribution in [-0.2, 0) is 11.4 Å². The number of nitrogens with two attached hydrogens (primary N) is 1. The first kappa shape index (κ1) is 13.8. The summed E-state index contributed by atoms with van der Waals surface area (Å²) in [6.07, 6.45) is 2.01. The van der Waals surface area contributed by atoms with Gasteiger partial charge in [0.1, 0.15) is 17.4 Å². The zero-order chi connectivity index (χ0) is 13.9. The number of hydrogen-bond donors (Lipinski definition) is 3. The smallest absolute Gasteiger partial charge is 0.237 e. The molecule has 5 heteroatoms. The lowest BCUT2D eigenvalue weighted by Gasteiger charge is -2.24. The summed E-state index contributed by atoms with van der Waals surface area (Å²) in [5, 5.41) is 12.1. The molecule has 0 heterocycles. The van der Waals surface area contributed by atoms with E-state index in [0.717, 1.165) is 12.0 Å². The number of likely N-dealkylation sites (N-methyl/N-ethyl adjacent to an activating group) is 1. The van der Waals surface area contributed by atoms with Crippen molar-refractivity contribution < 1.29 is 14.6 Å². The van der Waals surface area contributed by atoms with Crippen molar-refractivity contribution >= 4 is 5.91 Å². The monoisotopic (exact) mass is 264 g/mol. The molecule has 19 heavy (non-hydrogen) atoms. The van der Waals surface area contributed by atoms with Gasteiger partial charge in [0.2, 0.25) is 5.91 Å². The van der Waals surface area contributed by atoms with Crippen molar-refractivity contribution in [1.29, 1.82) is 0 Å². The molecule has 4 N–H and O–H groups in total. The fourth-order valence-corrected chi connectivity index (χ4v) is 2.58. The van der Waals surface area contributed by atoms with Crippen LogP contribution >= 0.6 is 0 Å². The van der Waals surface area contributed by atoms with E-state index in [2.05, 4.69) is 5.32 Å². The molecule has 0 spiro atoms. The van der Waals surface area contributed by atoms with Crippen LogP contribution in [0.5, 0.6) is 5.75 Å². The number of rotatable bonds is 5. The van der Waals surface area contributed by atoms with Crippen molar-refractivity contribution in [2.45, 2.75) is 37.5 Å². The maximum absolute atomic E-state index is 11.5. The van der Waals surface area contributed by atoms with Gasteiger partial charge in [-0.15, -0.1) is 0 Å². The van der Waals surface area contributed by atoms with Gasteiger partial charge < -0.3 is 20.9 Å². The molecule has 104 valence electrons.